The van der Waals surface area contributed by atoms with Gasteiger partial charge in [-0.2, -0.15) is 0 Å². The highest BCUT2D eigenvalue weighted by Gasteiger charge is 2.41. The molecule has 0 saturated carbocycles. The number of fused-ring (bicyclic) bond motifs is 1. The molecule has 4 heterocycles. The predicted molar refractivity (Wildman–Crippen MR) is 95.1 cm³/mol. The van der Waals surface area contributed by atoms with Crippen molar-refractivity contribution in [3.8, 4) is 0 Å². The van der Waals surface area contributed by atoms with E-state index < -0.39 is 0 Å². The van der Waals surface area contributed by atoms with E-state index in [1.807, 2.05) is 25.1 Å². The van der Waals surface area contributed by atoms with Gasteiger partial charge in [-0.15, -0.1) is 0 Å². The lowest BCUT2D eigenvalue weighted by Crippen LogP contribution is -2.59. The van der Waals surface area contributed by atoms with Gasteiger partial charge in [-0.25, -0.2) is 0 Å². The maximum absolute atomic E-state index is 6.22. The van der Waals surface area contributed by atoms with Crippen molar-refractivity contribution in [1.29, 1.82) is 0 Å². The van der Waals surface area contributed by atoms with Crippen molar-refractivity contribution >= 4 is 0 Å². The summed E-state index contributed by atoms with van der Waals surface area (Å²) in [5, 5.41) is 0. The van der Waals surface area contributed by atoms with Gasteiger partial charge in [0.25, 0.3) is 0 Å². The number of likely N-dealkylation sites (N-methyl/N-ethyl adjacent to an activating group) is 1. The Morgan fingerprint density at radius 3 is 2.88 bits per heavy atom. The van der Waals surface area contributed by atoms with Gasteiger partial charge in [0.15, 0.2) is 0 Å². The van der Waals surface area contributed by atoms with Crippen LogP contribution < -0.4 is 0 Å². The maximum atomic E-state index is 6.22. The third kappa shape index (κ3) is 3.84. The maximum Gasteiger partial charge on any atom is 0.118 e. The topological polar surface area (TPSA) is 42.0 Å². The summed E-state index contributed by atoms with van der Waals surface area (Å²) in [5.41, 5.74) is 0. The first-order valence-electron chi connectivity index (χ1n) is 9.31. The monoisotopic (exact) mass is 344 g/mol. The molecule has 0 aromatic carbocycles. The van der Waals surface area contributed by atoms with Gasteiger partial charge in [0.05, 0.1) is 25.5 Å². The van der Waals surface area contributed by atoms with Crippen LogP contribution in [0.2, 0.25) is 0 Å². The molecule has 0 spiro atoms. The fourth-order valence-corrected chi connectivity index (χ4v) is 4.34. The van der Waals surface area contributed by atoms with Crippen molar-refractivity contribution in [2.24, 2.45) is 5.92 Å². The van der Waals surface area contributed by atoms with Crippen molar-refractivity contribution in [3.05, 3.63) is 47.8 Å². The third-order valence-electron chi connectivity index (χ3n) is 5.54. The van der Waals surface area contributed by atoms with Gasteiger partial charge in [-0.1, -0.05) is 0 Å². The van der Waals surface area contributed by atoms with E-state index >= 15 is 0 Å². The Kier molecular flexibility index (Phi) is 4.97. The molecule has 5 heteroatoms. The molecule has 2 fully saturated rings. The fraction of sp³-hybridized carbons (Fsp3) is 0.600. The van der Waals surface area contributed by atoms with Crippen LogP contribution in [-0.2, 0) is 17.8 Å². The standard InChI is InChI=1S/C20H28N2O3/c1-15-7-8-18(25-15)13-22-11-16-5-3-10-24-20(16)19(14-22)21(2)12-17-6-4-9-23-17/h4,6-9,16,19-20H,3,5,10-14H2,1-2H3/t16-,19+,20-/m0/s1. The first-order chi connectivity index (χ1) is 12.2. The number of likely N-dealkylation sites (tertiary alicyclic amines) is 1. The molecule has 4 rings (SSSR count). The Hall–Kier alpha value is -1.56. The Bertz CT molecular complexity index is 666. The molecule has 0 radical (unpaired) electrons. The Balaban J connectivity index is 1.48. The lowest BCUT2D eigenvalue weighted by Gasteiger charge is -2.48. The van der Waals surface area contributed by atoms with Gasteiger partial charge in [-0.3, -0.25) is 9.80 Å². The summed E-state index contributed by atoms with van der Waals surface area (Å²) in [5.74, 6) is 3.65. The number of ether oxygens (including phenoxy) is 1. The summed E-state index contributed by atoms with van der Waals surface area (Å²) < 4.78 is 17.6. The molecule has 2 aromatic rings. The van der Waals surface area contributed by atoms with Crippen LogP contribution in [0.5, 0.6) is 0 Å². The van der Waals surface area contributed by atoms with Crippen LogP contribution in [0.3, 0.4) is 0 Å². The highest BCUT2D eigenvalue weighted by molar-refractivity contribution is 5.07. The van der Waals surface area contributed by atoms with Crippen LogP contribution >= 0.6 is 0 Å². The van der Waals surface area contributed by atoms with E-state index in [1.54, 1.807) is 6.26 Å². The number of hydrogen-bond acceptors (Lipinski definition) is 5. The number of piperidine rings is 1. The largest absolute Gasteiger partial charge is 0.468 e. The van der Waals surface area contributed by atoms with Crippen LogP contribution in [0.25, 0.3) is 0 Å². The van der Waals surface area contributed by atoms with Gasteiger partial charge in [-0.05, 0) is 57.0 Å². The van der Waals surface area contributed by atoms with Crippen LogP contribution in [0.15, 0.2) is 39.4 Å². The summed E-state index contributed by atoms with van der Waals surface area (Å²) >= 11 is 0. The van der Waals surface area contributed by atoms with E-state index in [-0.39, 0.29) is 0 Å². The minimum atomic E-state index is 0.322. The van der Waals surface area contributed by atoms with E-state index in [0.29, 0.717) is 18.1 Å². The average molecular weight is 344 g/mol. The van der Waals surface area contributed by atoms with Crippen LogP contribution in [0.1, 0.15) is 30.1 Å². The highest BCUT2D eigenvalue weighted by atomic mass is 16.5. The quantitative estimate of drug-likeness (QED) is 0.832. The van der Waals surface area contributed by atoms with Gasteiger partial charge in [0, 0.05) is 25.7 Å². The van der Waals surface area contributed by atoms with Crippen LogP contribution in [-0.4, -0.2) is 48.7 Å². The minimum absolute atomic E-state index is 0.322. The molecule has 136 valence electrons. The summed E-state index contributed by atoms with van der Waals surface area (Å²) in [4.78, 5) is 4.92. The molecule has 2 aliphatic heterocycles. The van der Waals surface area contributed by atoms with Crippen molar-refractivity contribution in [3.63, 3.8) is 0 Å². The van der Waals surface area contributed by atoms with Gasteiger partial charge >= 0.3 is 0 Å². The summed E-state index contributed by atoms with van der Waals surface area (Å²) in [6.45, 7) is 6.68. The molecular formula is C20H28N2O3. The molecule has 0 aliphatic carbocycles. The lowest BCUT2D eigenvalue weighted by molar-refractivity contribution is -0.114. The van der Waals surface area contributed by atoms with E-state index in [2.05, 4.69) is 22.9 Å². The second kappa shape index (κ2) is 7.36. The molecule has 3 atom stereocenters. The molecule has 2 aliphatic rings. The fourth-order valence-electron chi connectivity index (χ4n) is 4.34. The van der Waals surface area contributed by atoms with Gasteiger partial charge in [0.1, 0.15) is 17.3 Å². The Morgan fingerprint density at radius 1 is 1.20 bits per heavy atom. The van der Waals surface area contributed by atoms with Crippen LogP contribution in [0, 0.1) is 12.8 Å². The van der Waals surface area contributed by atoms with E-state index in [4.69, 9.17) is 13.6 Å². The minimum Gasteiger partial charge on any atom is -0.468 e. The molecule has 2 saturated heterocycles. The average Bonchev–Trinajstić information content (AvgIpc) is 3.26. The smallest absolute Gasteiger partial charge is 0.118 e. The lowest BCUT2D eigenvalue weighted by atomic mass is 9.84. The highest BCUT2D eigenvalue weighted by Crippen LogP contribution is 2.32. The molecule has 25 heavy (non-hydrogen) atoms. The molecule has 0 amide bonds. The zero-order valence-corrected chi connectivity index (χ0v) is 15.2. The first kappa shape index (κ1) is 16.9. The number of furan rings is 2. The first-order valence-corrected chi connectivity index (χ1v) is 9.31. The van der Waals surface area contributed by atoms with E-state index in [1.165, 1.54) is 12.8 Å². The molecule has 5 nitrogen and oxygen atoms in total. The summed E-state index contributed by atoms with van der Waals surface area (Å²) in [6.07, 6.45) is 4.49. The number of hydrogen-bond donors (Lipinski definition) is 0. The molecule has 0 unspecified atom stereocenters. The zero-order chi connectivity index (χ0) is 17.2. The molecular weight excluding hydrogens is 316 g/mol. The second-order valence-electron chi connectivity index (χ2n) is 7.51. The second-order valence-corrected chi connectivity index (χ2v) is 7.51. The van der Waals surface area contributed by atoms with E-state index in [9.17, 15) is 0 Å². The Labute approximate surface area is 149 Å². The molecule has 0 N–H and O–H groups in total. The van der Waals surface area contributed by atoms with E-state index in [0.717, 1.165) is 50.1 Å². The summed E-state index contributed by atoms with van der Waals surface area (Å²) in [6, 6.07) is 8.52. The van der Waals surface area contributed by atoms with Crippen molar-refractivity contribution in [2.45, 2.75) is 45.0 Å². The number of rotatable bonds is 5. The van der Waals surface area contributed by atoms with Gasteiger partial charge in [0.2, 0.25) is 0 Å². The zero-order valence-electron chi connectivity index (χ0n) is 15.2. The third-order valence-corrected chi connectivity index (χ3v) is 5.54. The van der Waals surface area contributed by atoms with Crippen molar-refractivity contribution in [1.82, 2.24) is 9.80 Å². The van der Waals surface area contributed by atoms with Crippen molar-refractivity contribution in [2.75, 3.05) is 26.7 Å². The Morgan fingerprint density at radius 2 is 2.12 bits per heavy atom. The SMILES string of the molecule is Cc1ccc(CN2C[C@@H]3CCCO[C@@H]3[C@H](N(C)Cc3ccco3)C2)o1. The predicted octanol–water partition coefficient (Wildman–Crippen LogP) is 3.29. The normalized spacial score (nSPS) is 27.6. The number of nitrogens with zero attached hydrogens (tertiary/aromatic N) is 2. The molecule has 0 bridgehead atoms. The number of aryl methyl sites for hydroxylation is 1. The summed E-state index contributed by atoms with van der Waals surface area (Å²) in [7, 11) is 2.18. The van der Waals surface area contributed by atoms with Crippen LogP contribution in [0.4, 0.5) is 0 Å². The van der Waals surface area contributed by atoms with Crippen molar-refractivity contribution < 1.29 is 13.6 Å². The molecule has 2 aromatic heterocycles. The van der Waals surface area contributed by atoms with Gasteiger partial charge < -0.3 is 13.6 Å².